The molecule has 1 radical (unpaired) electrons. The summed E-state index contributed by atoms with van der Waals surface area (Å²) in [5.74, 6) is 0. The van der Waals surface area contributed by atoms with Gasteiger partial charge in [0.05, 0.1) is 0 Å². The zero-order chi connectivity index (χ0) is 7.56. The van der Waals surface area contributed by atoms with Crippen LogP contribution in [-0.2, 0) is 6.42 Å². The Hall–Kier alpha value is -0.760. The molecule has 0 bridgehead atoms. The minimum atomic E-state index is 0.426. The smallest absolute Gasteiger partial charge is 0.131 e. The van der Waals surface area contributed by atoms with Gasteiger partial charge in [0.25, 0.3) is 0 Å². The summed E-state index contributed by atoms with van der Waals surface area (Å²) >= 11 is 5.56. The Labute approximate surface area is 65.0 Å². The first kappa shape index (κ1) is 7.35. The Balaban J connectivity index is 3.07. The normalized spacial score (nSPS) is 9.80. The summed E-state index contributed by atoms with van der Waals surface area (Å²) < 4.78 is 0. The number of aromatic nitrogens is 1. The third-order valence-corrected chi connectivity index (χ3v) is 1.47. The van der Waals surface area contributed by atoms with E-state index in [-0.39, 0.29) is 0 Å². The summed E-state index contributed by atoms with van der Waals surface area (Å²) in [6.45, 7) is 3.68. The van der Waals surface area contributed by atoms with E-state index in [2.05, 4.69) is 11.9 Å². The number of rotatable bonds is 1. The second kappa shape index (κ2) is 2.88. The van der Waals surface area contributed by atoms with Crippen molar-refractivity contribution in [2.45, 2.75) is 6.42 Å². The molecular weight excluding hydrogens is 148 g/mol. The number of pyridine rings is 1. The number of hydrogen-bond donors (Lipinski definition) is 1. The lowest BCUT2D eigenvalue weighted by molar-refractivity contribution is 1.20. The van der Waals surface area contributed by atoms with Gasteiger partial charge in [-0.05, 0) is 25.0 Å². The predicted octanol–water partition coefficient (Wildman–Crippen LogP) is 1.69. The lowest BCUT2D eigenvalue weighted by Crippen LogP contribution is -1.93. The van der Waals surface area contributed by atoms with Crippen molar-refractivity contribution in [2.75, 3.05) is 5.73 Å². The van der Waals surface area contributed by atoms with Crippen LogP contribution in [0.5, 0.6) is 0 Å². The standard InChI is InChI=1S/C7H8ClN2/c1-2-5-4-10-7(8)3-6(5)9/h3-4H,1-2H2,(H2,9,10). The van der Waals surface area contributed by atoms with E-state index in [9.17, 15) is 0 Å². The van der Waals surface area contributed by atoms with E-state index in [1.165, 1.54) is 0 Å². The van der Waals surface area contributed by atoms with Gasteiger partial charge in [-0.25, -0.2) is 4.98 Å². The maximum Gasteiger partial charge on any atom is 0.131 e. The molecule has 3 heteroatoms. The quantitative estimate of drug-likeness (QED) is 0.627. The molecule has 0 aromatic carbocycles. The highest BCUT2D eigenvalue weighted by atomic mass is 35.5. The third kappa shape index (κ3) is 1.39. The zero-order valence-corrected chi connectivity index (χ0v) is 6.23. The van der Waals surface area contributed by atoms with Crippen LogP contribution in [0.25, 0.3) is 0 Å². The molecule has 1 rings (SSSR count). The first-order valence-electron chi connectivity index (χ1n) is 2.93. The van der Waals surface area contributed by atoms with Gasteiger partial charge in [-0.15, -0.1) is 0 Å². The van der Waals surface area contributed by atoms with Crippen LogP contribution in [0.3, 0.4) is 0 Å². The van der Waals surface area contributed by atoms with Crippen molar-refractivity contribution in [3.05, 3.63) is 29.9 Å². The van der Waals surface area contributed by atoms with E-state index < -0.39 is 0 Å². The Morgan fingerprint density at radius 1 is 1.70 bits per heavy atom. The van der Waals surface area contributed by atoms with Crippen LogP contribution < -0.4 is 5.73 Å². The number of hydrogen-bond acceptors (Lipinski definition) is 2. The fourth-order valence-electron chi connectivity index (χ4n) is 0.681. The number of nitrogen functional groups attached to an aromatic ring is 1. The predicted molar refractivity (Wildman–Crippen MR) is 42.7 cm³/mol. The highest BCUT2D eigenvalue weighted by Gasteiger charge is 1.96. The monoisotopic (exact) mass is 155 g/mol. The van der Waals surface area contributed by atoms with Gasteiger partial charge in [0.2, 0.25) is 0 Å². The summed E-state index contributed by atoms with van der Waals surface area (Å²) in [5, 5.41) is 0.426. The molecule has 0 amide bonds. The van der Waals surface area contributed by atoms with Gasteiger partial charge in [-0.1, -0.05) is 11.6 Å². The van der Waals surface area contributed by atoms with Gasteiger partial charge < -0.3 is 5.73 Å². The van der Waals surface area contributed by atoms with Gasteiger partial charge in [-0.3, -0.25) is 0 Å². The first-order valence-corrected chi connectivity index (χ1v) is 3.31. The summed E-state index contributed by atoms with van der Waals surface area (Å²) in [6.07, 6.45) is 2.29. The van der Waals surface area contributed by atoms with Gasteiger partial charge in [0, 0.05) is 11.9 Å². The van der Waals surface area contributed by atoms with Crippen LogP contribution in [0.15, 0.2) is 12.3 Å². The molecule has 0 aliphatic rings. The maximum absolute atomic E-state index is 5.57. The molecule has 1 aromatic heterocycles. The molecule has 0 unspecified atom stereocenters. The molecule has 0 atom stereocenters. The van der Waals surface area contributed by atoms with E-state index in [1.807, 2.05) is 0 Å². The van der Waals surface area contributed by atoms with E-state index in [0.29, 0.717) is 17.3 Å². The maximum atomic E-state index is 5.57. The van der Waals surface area contributed by atoms with Crippen LogP contribution in [0.4, 0.5) is 5.69 Å². The molecule has 0 saturated carbocycles. The van der Waals surface area contributed by atoms with Gasteiger partial charge in [0.1, 0.15) is 5.15 Å². The lowest BCUT2D eigenvalue weighted by Gasteiger charge is -1.99. The summed E-state index contributed by atoms with van der Waals surface area (Å²) in [5.41, 5.74) is 7.16. The van der Waals surface area contributed by atoms with Crippen LogP contribution in [0.2, 0.25) is 5.15 Å². The molecule has 0 spiro atoms. The van der Waals surface area contributed by atoms with E-state index in [4.69, 9.17) is 17.3 Å². The number of nitrogens with two attached hydrogens (primary N) is 1. The van der Waals surface area contributed by atoms with E-state index in [0.717, 1.165) is 5.56 Å². The average Bonchev–Trinajstić information content (AvgIpc) is 1.88. The van der Waals surface area contributed by atoms with Crippen molar-refractivity contribution in [1.82, 2.24) is 4.98 Å². The highest BCUT2D eigenvalue weighted by molar-refractivity contribution is 6.29. The van der Waals surface area contributed by atoms with Crippen LogP contribution in [0, 0.1) is 6.92 Å². The van der Waals surface area contributed by atoms with Gasteiger partial charge in [-0.2, -0.15) is 0 Å². The van der Waals surface area contributed by atoms with Crippen molar-refractivity contribution in [2.24, 2.45) is 0 Å². The largest absolute Gasteiger partial charge is 0.398 e. The van der Waals surface area contributed by atoms with Crippen LogP contribution in [-0.4, -0.2) is 4.98 Å². The average molecular weight is 156 g/mol. The Morgan fingerprint density at radius 3 is 2.90 bits per heavy atom. The van der Waals surface area contributed by atoms with Crippen LogP contribution in [0.1, 0.15) is 5.56 Å². The molecule has 53 valence electrons. The Morgan fingerprint density at radius 2 is 2.40 bits per heavy atom. The third-order valence-electron chi connectivity index (χ3n) is 1.26. The topological polar surface area (TPSA) is 38.9 Å². The Bertz CT molecular complexity index is 235. The van der Waals surface area contributed by atoms with Crippen LogP contribution >= 0.6 is 11.6 Å². The highest BCUT2D eigenvalue weighted by Crippen LogP contribution is 2.14. The molecule has 0 aliphatic heterocycles. The molecule has 10 heavy (non-hydrogen) atoms. The SMILES string of the molecule is [CH2]Cc1cnc(Cl)cc1N. The van der Waals surface area contributed by atoms with Crippen molar-refractivity contribution in [1.29, 1.82) is 0 Å². The minimum Gasteiger partial charge on any atom is -0.398 e. The summed E-state index contributed by atoms with van der Waals surface area (Å²) in [7, 11) is 0. The molecule has 0 saturated heterocycles. The van der Waals surface area contributed by atoms with E-state index >= 15 is 0 Å². The summed E-state index contributed by atoms with van der Waals surface area (Å²) in [4.78, 5) is 3.86. The molecule has 0 aliphatic carbocycles. The number of halogens is 1. The second-order valence-corrected chi connectivity index (χ2v) is 2.34. The van der Waals surface area contributed by atoms with Crippen molar-refractivity contribution >= 4 is 17.3 Å². The number of nitrogens with zero attached hydrogens (tertiary/aromatic N) is 1. The molecule has 0 fully saturated rings. The van der Waals surface area contributed by atoms with Gasteiger partial charge in [0.15, 0.2) is 0 Å². The molecular formula is C7H8ClN2. The zero-order valence-electron chi connectivity index (χ0n) is 5.47. The second-order valence-electron chi connectivity index (χ2n) is 1.96. The summed E-state index contributed by atoms with van der Waals surface area (Å²) in [6, 6.07) is 1.63. The molecule has 1 aromatic rings. The molecule has 2 nitrogen and oxygen atoms in total. The lowest BCUT2D eigenvalue weighted by atomic mass is 10.2. The van der Waals surface area contributed by atoms with Crippen molar-refractivity contribution in [3.63, 3.8) is 0 Å². The van der Waals surface area contributed by atoms with Crippen molar-refractivity contribution in [3.8, 4) is 0 Å². The van der Waals surface area contributed by atoms with Crippen molar-refractivity contribution < 1.29 is 0 Å². The van der Waals surface area contributed by atoms with E-state index in [1.54, 1.807) is 12.3 Å². The fraction of sp³-hybridized carbons (Fsp3) is 0.143. The number of anilines is 1. The molecule has 2 N–H and O–H groups in total. The van der Waals surface area contributed by atoms with Gasteiger partial charge >= 0.3 is 0 Å². The Kier molecular flexibility index (Phi) is 2.12. The minimum absolute atomic E-state index is 0.426. The molecule has 1 heterocycles. The first-order chi connectivity index (χ1) is 4.74. The fourth-order valence-corrected chi connectivity index (χ4v) is 0.848.